The molecule has 5 fully saturated rings. The number of carbonyl (C=O) groups excluding carboxylic acids is 1. The quantitative estimate of drug-likeness (QED) is 0.691. The molecule has 9 unspecified atom stereocenters. The summed E-state index contributed by atoms with van der Waals surface area (Å²) in [5.74, 6) is 2.68. The summed E-state index contributed by atoms with van der Waals surface area (Å²) in [4.78, 5) is 12.5. The van der Waals surface area contributed by atoms with Gasteiger partial charge in [0.1, 0.15) is 0 Å². The van der Waals surface area contributed by atoms with Gasteiger partial charge in [-0.05, 0) is 55.8 Å². The van der Waals surface area contributed by atoms with E-state index in [1.54, 1.807) is 0 Å². The first-order chi connectivity index (χ1) is 11.2. The second-order valence-corrected chi connectivity index (χ2v) is 8.98. The van der Waals surface area contributed by atoms with Crippen LogP contribution in [0, 0.1) is 29.6 Å². The molecule has 0 radical (unpaired) electrons. The average Bonchev–Trinajstić information content (AvgIpc) is 3.10. The van der Waals surface area contributed by atoms with Gasteiger partial charge in [0.15, 0.2) is 0 Å². The number of hydrogen-bond donors (Lipinski definition) is 3. The Balaban J connectivity index is 1.47. The van der Waals surface area contributed by atoms with Crippen molar-refractivity contribution in [2.75, 3.05) is 0 Å². The molecule has 2 heterocycles. The van der Waals surface area contributed by atoms with Gasteiger partial charge in [0.2, 0.25) is 5.91 Å². The summed E-state index contributed by atoms with van der Waals surface area (Å²) in [7, 11) is 0. The van der Waals surface area contributed by atoms with E-state index in [-0.39, 0.29) is 11.8 Å². The lowest BCUT2D eigenvalue weighted by molar-refractivity contribution is -0.127. The molecule has 0 aromatic carbocycles. The number of primary amides is 1. The molecular weight excluding hydrogens is 286 g/mol. The van der Waals surface area contributed by atoms with Gasteiger partial charge in [-0.2, -0.15) is 0 Å². The van der Waals surface area contributed by atoms with Gasteiger partial charge in [-0.25, -0.2) is 0 Å². The van der Waals surface area contributed by atoms with Crippen LogP contribution in [-0.2, 0) is 4.79 Å². The third-order valence-corrected chi connectivity index (χ3v) is 8.10. The smallest absolute Gasteiger partial charge is 0.222 e. The van der Waals surface area contributed by atoms with Crippen LogP contribution in [-0.4, -0.2) is 30.1 Å². The van der Waals surface area contributed by atoms with Crippen molar-refractivity contribution in [2.45, 2.75) is 82.0 Å². The minimum absolute atomic E-state index is 0.0335. The highest BCUT2D eigenvalue weighted by Gasteiger charge is 2.59. The van der Waals surface area contributed by atoms with Crippen LogP contribution < -0.4 is 16.4 Å². The van der Waals surface area contributed by atoms with Crippen LogP contribution in [0.3, 0.4) is 0 Å². The molecule has 3 saturated carbocycles. The third kappa shape index (κ3) is 2.13. The minimum Gasteiger partial charge on any atom is -0.369 e. The fraction of sp³-hybridized carbons (Fsp3) is 0.947. The Morgan fingerprint density at radius 2 is 1.43 bits per heavy atom. The summed E-state index contributed by atoms with van der Waals surface area (Å²) >= 11 is 0. The number of rotatable bonds is 1. The first-order valence-corrected chi connectivity index (χ1v) is 10.1. The van der Waals surface area contributed by atoms with Gasteiger partial charge in [-0.3, -0.25) is 4.79 Å². The monoisotopic (exact) mass is 317 g/mol. The molecule has 4 N–H and O–H groups in total. The highest BCUT2D eigenvalue weighted by atomic mass is 16.1. The van der Waals surface area contributed by atoms with Crippen molar-refractivity contribution in [3.05, 3.63) is 0 Å². The number of fused-ring (bicyclic) bond motifs is 6. The second-order valence-electron chi connectivity index (χ2n) is 8.98. The zero-order valence-electron chi connectivity index (χ0n) is 14.0. The number of carbonyl (C=O) groups is 1. The first kappa shape index (κ1) is 14.7. The van der Waals surface area contributed by atoms with Crippen LogP contribution in [0.15, 0.2) is 0 Å². The zero-order valence-corrected chi connectivity index (χ0v) is 14.0. The molecule has 5 aliphatic rings. The fourth-order valence-corrected chi connectivity index (χ4v) is 7.36. The van der Waals surface area contributed by atoms with Crippen molar-refractivity contribution >= 4 is 5.91 Å². The molecule has 0 aromatic heterocycles. The lowest BCUT2D eigenvalue weighted by Gasteiger charge is -2.44. The standard InChI is InChI=1S/C19H31N3O/c20-19(23)17-16-11-6-2-4-8-14(11)21-15(16)9-12-10-5-1-3-7-13(10)22-18(12)17/h10-18,21-22H,1-9H2,(H2,20,23). The summed E-state index contributed by atoms with van der Waals surface area (Å²) in [6.45, 7) is 0. The lowest BCUT2D eigenvalue weighted by atomic mass is 9.61. The van der Waals surface area contributed by atoms with E-state index in [0.29, 0.717) is 41.9 Å². The highest BCUT2D eigenvalue weighted by molar-refractivity contribution is 5.78. The van der Waals surface area contributed by atoms with Crippen molar-refractivity contribution in [1.29, 1.82) is 0 Å². The summed E-state index contributed by atoms with van der Waals surface area (Å²) in [6.07, 6.45) is 12.0. The van der Waals surface area contributed by atoms with Crippen LogP contribution in [0.4, 0.5) is 0 Å². The van der Waals surface area contributed by atoms with E-state index in [1.165, 1.54) is 57.8 Å². The van der Waals surface area contributed by atoms with E-state index in [0.717, 1.165) is 5.92 Å². The Morgan fingerprint density at radius 3 is 2.17 bits per heavy atom. The molecule has 2 saturated heterocycles. The lowest BCUT2D eigenvalue weighted by Crippen LogP contribution is -2.55. The van der Waals surface area contributed by atoms with E-state index in [1.807, 2.05) is 0 Å². The Kier molecular flexibility index (Phi) is 3.49. The number of nitrogens with two attached hydrogens (primary N) is 1. The number of amides is 1. The Bertz CT molecular complexity index is 493. The Morgan fingerprint density at radius 1 is 0.783 bits per heavy atom. The topological polar surface area (TPSA) is 67.2 Å². The molecule has 4 heteroatoms. The highest BCUT2D eigenvalue weighted by Crippen LogP contribution is 2.53. The maximum absolute atomic E-state index is 12.5. The van der Waals surface area contributed by atoms with Crippen LogP contribution in [0.5, 0.6) is 0 Å². The van der Waals surface area contributed by atoms with E-state index >= 15 is 0 Å². The van der Waals surface area contributed by atoms with Crippen molar-refractivity contribution < 1.29 is 4.79 Å². The van der Waals surface area contributed by atoms with Crippen molar-refractivity contribution in [2.24, 2.45) is 35.3 Å². The van der Waals surface area contributed by atoms with Gasteiger partial charge in [0.25, 0.3) is 0 Å². The van der Waals surface area contributed by atoms with Crippen LogP contribution in [0.2, 0.25) is 0 Å². The maximum Gasteiger partial charge on any atom is 0.222 e. The van der Waals surface area contributed by atoms with Gasteiger partial charge < -0.3 is 16.4 Å². The van der Waals surface area contributed by atoms with Gasteiger partial charge in [-0.15, -0.1) is 0 Å². The summed E-state index contributed by atoms with van der Waals surface area (Å²) < 4.78 is 0. The van der Waals surface area contributed by atoms with E-state index in [9.17, 15) is 4.79 Å². The molecule has 0 bridgehead atoms. The molecule has 4 nitrogen and oxygen atoms in total. The van der Waals surface area contributed by atoms with E-state index < -0.39 is 0 Å². The van der Waals surface area contributed by atoms with Gasteiger partial charge in [-0.1, -0.05) is 25.7 Å². The molecule has 9 atom stereocenters. The van der Waals surface area contributed by atoms with Gasteiger partial charge >= 0.3 is 0 Å². The third-order valence-electron chi connectivity index (χ3n) is 8.10. The molecule has 128 valence electrons. The normalized spacial score (nSPS) is 54.7. The zero-order chi connectivity index (χ0) is 15.6. The van der Waals surface area contributed by atoms with Gasteiger partial charge in [0.05, 0.1) is 5.92 Å². The first-order valence-electron chi connectivity index (χ1n) is 10.1. The molecule has 2 aliphatic heterocycles. The SMILES string of the molecule is NC(=O)C1C2NC3CCCCC3C2CC2NC3CCCCC3C21. The average molecular weight is 317 g/mol. The van der Waals surface area contributed by atoms with Crippen LogP contribution in [0.25, 0.3) is 0 Å². The van der Waals surface area contributed by atoms with Crippen molar-refractivity contribution in [1.82, 2.24) is 10.6 Å². The maximum atomic E-state index is 12.5. The number of nitrogens with one attached hydrogen (secondary N) is 2. The predicted molar refractivity (Wildman–Crippen MR) is 89.6 cm³/mol. The molecular formula is C19H31N3O. The molecule has 0 aromatic rings. The van der Waals surface area contributed by atoms with Crippen LogP contribution >= 0.6 is 0 Å². The van der Waals surface area contributed by atoms with Crippen LogP contribution in [0.1, 0.15) is 57.8 Å². The molecule has 0 spiro atoms. The van der Waals surface area contributed by atoms with Crippen molar-refractivity contribution in [3.63, 3.8) is 0 Å². The molecule has 5 rings (SSSR count). The Labute approximate surface area is 139 Å². The summed E-state index contributed by atoms with van der Waals surface area (Å²) in [5.41, 5.74) is 5.98. The van der Waals surface area contributed by atoms with E-state index in [2.05, 4.69) is 10.6 Å². The molecule has 3 aliphatic carbocycles. The largest absolute Gasteiger partial charge is 0.369 e. The van der Waals surface area contributed by atoms with Gasteiger partial charge in [0, 0.05) is 24.2 Å². The Hall–Kier alpha value is -0.610. The predicted octanol–water partition coefficient (Wildman–Crippen LogP) is 1.79. The molecule has 23 heavy (non-hydrogen) atoms. The summed E-state index contributed by atoms with van der Waals surface area (Å²) in [5, 5.41) is 7.86. The molecule has 1 amide bonds. The minimum atomic E-state index is -0.0335. The van der Waals surface area contributed by atoms with E-state index in [4.69, 9.17) is 5.73 Å². The summed E-state index contributed by atoms with van der Waals surface area (Å²) in [6, 6.07) is 2.22. The fourth-order valence-electron chi connectivity index (χ4n) is 7.36. The second kappa shape index (κ2) is 5.45. The van der Waals surface area contributed by atoms with Crippen molar-refractivity contribution in [3.8, 4) is 0 Å². The number of hydrogen-bond acceptors (Lipinski definition) is 3.